The predicted octanol–water partition coefficient (Wildman–Crippen LogP) is 4.93. The first kappa shape index (κ1) is 16.1. The summed E-state index contributed by atoms with van der Waals surface area (Å²) in [7, 11) is 0. The minimum atomic E-state index is -0.0431. The van der Waals surface area contributed by atoms with Crippen molar-refractivity contribution in [1.82, 2.24) is 0 Å². The van der Waals surface area contributed by atoms with E-state index in [-0.39, 0.29) is 11.2 Å². The number of allylic oxidation sites excluding steroid dienone is 4. The molecule has 20 heavy (non-hydrogen) atoms. The summed E-state index contributed by atoms with van der Waals surface area (Å²) >= 11 is 0. The molecule has 108 valence electrons. The molecule has 2 heteroatoms. The van der Waals surface area contributed by atoms with E-state index < -0.39 is 0 Å². The van der Waals surface area contributed by atoms with Crippen LogP contribution in [0, 0.1) is 5.41 Å². The Labute approximate surface area is 122 Å². The Morgan fingerprint density at radius 1 is 1.40 bits per heavy atom. The Morgan fingerprint density at radius 3 is 2.65 bits per heavy atom. The van der Waals surface area contributed by atoms with Gasteiger partial charge in [0.1, 0.15) is 5.75 Å². The van der Waals surface area contributed by atoms with Crippen LogP contribution < -0.4 is 5.73 Å². The van der Waals surface area contributed by atoms with Crippen molar-refractivity contribution in [3.8, 4) is 5.75 Å². The van der Waals surface area contributed by atoms with Gasteiger partial charge < -0.3 is 10.8 Å². The number of aromatic hydroxyl groups is 1. The summed E-state index contributed by atoms with van der Waals surface area (Å²) in [6.45, 7) is 10.3. The minimum absolute atomic E-state index is 0.0431. The molecule has 0 saturated heterocycles. The van der Waals surface area contributed by atoms with Crippen LogP contribution in [0.5, 0.6) is 5.75 Å². The molecule has 0 radical (unpaired) electrons. The lowest BCUT2D eigenvalue weighted by Gasteiger charge is -2.20. The van der Waals surface area contributed by atoms with Gasteiger partial charge in [0.15, 0.2) is 0 Å². The number of phenolic OH excluding ortho intramolecular Hbond substituents is 1. The number of anilines is 1. The van der Waals surface area contributed by atoms with Crippen molar-refractivity contribution in [2.45, 2.75) is 33.6 Å². The minimum Gasteiger partial charge on any atom is -0.506 e. The summed E-state index contributed by atoms with van der Waals surface area (Å²) < 4.78 is 0. The molecule has 2 nitrogen and oxygen atoms in total. The molecule has 0 aliphatic rings. The maximum absolute atomic E-state index is 9.41. The fraction of sp³-hybridized carbons (Fsp3) is 0.333. The molecule has 1 atom stereocenters. The lowest BCUT2D eigenvalue weighted by Crippen LogP contribution is -2.08. The van der Waals surface area contributed by atoms with Crippen molar-refractivity contribution in [3.05, 3.63) is 54.1 Å². The molecule has 0 aliphatic carbocycles. The third kappa shape index (κ3) is 4.96. The van der Waals surface area contributed by atoms with Crippen LogP contribution in [-0.4, -0.2) is 5.11 Å². The largest absolute Gasteiger partial charge is 0.506 e. The predicted molar refractivity (Wildman–Crippen MR) is 88.5 cm³/mol. The lowest BCUT2D eigenvalue weighted by molar-refractivity contribution is 0.478. The van der Waals surface area contributed by atoms with Crippen LogP contribution in [0.2, 0.25) is 0 Å². The molecule has 0 amide bonds. The Bertz CT molecular complexity index is 524. The molecule has 0 bridgehead atoms. The summed E-state index contributed by atoms with van der Waals surface area (Å²) in [5, 5.41) is 9.41. The summed E-state index contributed by atoms with van der Waals surface area (Å²) in [5.41, 5.74) is 8.37. The second kappa shape index (κ2) is 6.99. The number of rotatable bonds is 6. The Morgan fingerprint density at radius 2 is 2.10 bits per heavy atom. The average molecular weight is 271 g/mol. The van der Waals surface area contributed by atoms with Crippen molar-refractivity contribution in [1.29, 1.82) is 0 Å². The number of nitrogen functional groups attached to an aromatic ring is 1. The SMILES string of the molecule is C=C[C@@](C)(/C=C/c1ccc(O)c(N)c1)CCC=C(C)C. The van der Waals surface area contributed by atoms with Gasteiger partial charge in [0, 0.05) is 5.41 Å². The zero-order valence-corrected chi connectivity index (χ0v) is 12.7. The molecule has 0 aliphatic heterocycles. The second-order valence-electron chi connectivity index (χ2n) is 5.68. The van der Waals surface area contributed by atoms with E-state index in [0.29, 0.717) is 5.69 Å². The van der Waals surface area contributed by atoms with Crippen LogP contribution in [0.3, 0.4) is 0 Å². The average Bonchev–Trinajstić information content (AvgIpc) is 2.40. The summed E-state index contributed by atoms with van der Waals surface area (Å²) in [5.74, 6) is 0.122. The highest BCUT2D eigenvalue weighted by atomic mass is 16.3. The van der Waals surface area contributed by atoms with E-state index >= 15 is 0 Å². The zero-order chi connectivity index (χ0) is 15.2. The molecule has 0 spiro atoms. The molecular weight excluding hydrogens is 246 g/mol. The molecule has 0 heterocycles. The van der Waals surface area contributed by atoms with Gasteiger partial charge in [-0.15, -0.1) is 6.58 Å². The van der Waals surface area contributed by atoms with Crippen molar-refractivity contribution in [3.63, 3.8) is 0 Å². The van der Waals surface area contributed by atoms with Crippen LogP contribution in [0.25, 0.3) is 6.08 Å². The number of benzene rings is 1. The van der Waals surface area contributed by atoms with Crippen LogP contribution in [0.15, 0.2) is 48.6 Å². The van der Waals surface area contributed by atoms with E-state index in [1.165, 1.54) is 5.57 Å². The van der Waals surface area contributed by atoms with Crippen molar-refractivity contribution < 1.29 is 5.11 Å². The molecule has 0 saturated carbocycles. The third-order valence-electron chi connectivity index (χ3n) is 3.41. The normalized spacial score (nSPS) is 13.9. The van der Waals surface area contributed by atoms with E-state index in [9.17, 15) is 5.11 Å². The van der Waals surface area contributed by atoms with Crippen molar-refractivity contribution in [2.24, 2.45) is 5.41 Å². The Hall–Kier alpha value is -1.96. The molecule has 0 unspecified atom stereocenters. The standard InChI is InChI=1S/C18H25NO/c1-5-18(4,11-6-7-14(2)3)12-10-15-8-9-17(20)16(19)13-15/h5,7-10,12-13,20H,1,6,11,19H2,2-4H3/b12-10+/t18-/m1/s1. The summed E-state index contributed by atoms with van der Waals surface area (Å²) in [6, 6.07) is 5.23. The van der Waals surface area contributed by atoms with Crippen LogP contribution >= 0.6 is 0 Å². The van der Waals surface area contributed by atoms with E-state index in [0.717, 1.165) is 18.4 Å². The van der Waals surface area contributed by atoms with Gasteiger partial charge in [0.2, 0.25) is 0 Å². The van der Waals surface area contributed by atoms with Crippen molar-refractivity contribution >= 4 is 11.8 Å². The molecule has 1 aromatic rings. The van der Waals surface area contributed by atoms with Crippen LogP contribution in [-0.2, 0) is 0 Å². The third-order valence-corrected chi connectivity index (χ3v) is 3.41. The maximum atomic E-state index is 9.41. The lowest BCUT2D eigenvalue weighted by atomic mass is 9.84. The fourth-order valence-electron chi connectivity index (χ4n) is 1.89. The smallest absolute Gasteiger partial charge is 0.138 e. The van der Waals surface area contributed by atoms with Crippen LogP contribution in [0.1, 0.15) is 39.2 Å². The van der Waals surface area contributed by atoms with Gasteiger partial charge in [-0.1, -0.05) is 42.9 Å². The number of hydrogen-bond donors (Lipinski definition) is 2. The van der Waals surface area contributed by atoms with E-state index in [2.05, 4.69) is 39.5 Å². The quantitative estimate of drug-likeness (QED) is 0.438. The molecule has 1 rings (SSSR count). The molecular formula is C18H25NO. The van der Waals surface area contributed by atoms with Gasteiger partial charge in [0.25, 0.3) is 0 Å². The topological polar surface area (TPSA) is 46.2 Å². The van der Waals surface area contributed by atoms with Gasteiger partial charge in [-0.3, -0.25) is 0 Å². The monoisotopic (exact) mass is 271 g/mol. The van der Waals surface area contributed by atoms with Gasteiger partial charge in [-0.05, 0) is 44.4 Å². The maximum Gasteiger partial charge on any atom is 0.138 e. The Balaban J connectivity index is 2.80. The highest BCUT2D eigenvalue weighted by Gasteiger charge is 2.15. The van der Waals surface area contributed by atoms with Crippen molar-refractivity contribution in [2.75, 3.05) is 5.73 Å². The van der Waals surface area contributed by atoms with Gasteiger partial charge >= 0.3 is 0 Å². The first-order valence-electron chi connectivity index (χ1n) is 6.91. The Kier molecular flexibility index (Phi) is 5.63. The van der Waals surface area contributed by atoms with Crippen LogP contribution in [0.4, 0.5) is 5.69 Å². The summed E-state index contributed by atoms with van der Waals surface area (Å²) in [6.07, 6.45) is 10.4. The first-order chi connectivity index (χ1) is 9.36. The van der Waals surface area contributed by atoms with Gasteiger partial charge in [-0.2, -0.15) is 0 Å². The molecule has 0 aromatic heterocycles. The van der Waals surface area contributed by atoms with E-state index in [4.69, 9.17) is 5.73 Å². The number of phenols is 1. The first-order valence-corrected chi connectivity index (χ1v) is 6.91. The zero-order valence-electron chi connectivity index (χ0n) is 12.7. The second-order valence-corrected chi connectivity index (χ2v) is 5.68. The fourth-order valence-corrected chi connectivity index (χ4v) is 1.89. The molecule has 1 aromatic carbocycles. The molecule has 3 N–H and O–H groups in total. The highest BCUT2D eigenvalue weighted by Crippen LogP contribution is 2.29. The highest BCUT2D eigenvalue weighted by molar-refractivity contribution is 5.61. The van der Waals surface area contributed by atoms with Gasteiger partial charge in [0.05, 0.1) is 5.69 Å². The van der Waals surface area contributed by atoms with E-state index in [1.54, 1.807) is 12.1 Å². The molecule has 0 fully saturated rings. The number of hydrogen-bond acceptors (Lipinski definition) is 2. The number of nitrogens with two attached hydrogens (primary N) is 1. The van der Waals surface area contributed by atoms with Gasteiger partial charge in [-0.25, -0.2) is 0 Å². The van der Waals surface area contributed by atoms with E-state index in [1.807, 2.05) is 18.2 Å². The summed E-state index contributed by atoms with van der Waals surface area (Å²) in [4.78, 5) is 0.